The van der Waals surface area contributed by atoms with Crippen molar-refractivity contribution in [1.29, 1.82) is 0 Å². The van der Waals surface area contributed by atoms with Gasteiger partial charge in [0.1, 0.15) is 0 Å². The molecule has 0 aliphatic rings. The number of nitrogens with one attached hydrogen (secondary N) is 1. The Morgan fingerprint density at radius 1 is 1.28 bits per heavy atom. The third-order valence-corrected chi connectivity index (χ3v) is 3.98. The van der Waals surface area contributed by atoms with Crippen LogP contribution in [0.3, 0.4) is 0 Å². The van der Waals surface area contributed by atoms with Crippen LogP contribution in [-0.2, 0) is 14.8 Å². The van der Waals surface area contributed by atoms with Crippen LogP contribution < -0.4 is 4.72 Å². The molecule has 0 spiro atoms. The van der Waals surface area contributed by atoms with Crippen molar-refractivity contribution in [1.82, 2.24) is 4.72 Å². The lowest BCUT2D eigenvalue weighted by molar-refractivity contribution is -0.137. The number of rotatable bonds is 7. The summed E-state index contributed by atoms with van der Waals surface area (Å²) in [5.41, 5.74) is -0.125. The highest BCUT2D eigenvalue weighted by atomic mass is 32.2. The summed E-state index contributed by atoms with van der Waals surface area (Å²) in [5.74, 6) is -0.952. The maximum Gasteiger partial charge on any atom is 0.304 e. The molecule has 1 atom stereocenters. The Morgan fingerprint density at radius 2 is 1.78 bits per heavy atom. The summed E-state index contributed by atoms with van der Waals surface area (Å²) in [7, 11) is -3.41. The normalized spacial score (nSPS) is 14.8. The van der Waals surface area contributed by atoms with Crippen LogP contribution in [0.5, 0.6) is 0 Å². The molecule has 108 valence electrons. The van der Waals surface area contributed by atoms with Crippen LogP contribution in [-0.4, -0.2) is 31.3 Å². The Bertz CT molecular complexity index is 368. The van der Waals surface area contributed by atoms with Crippen LogP contribution in [0.15, 0.2) is 0 Å². The third-order valence-electron chi connectivity index (χ3n) is 2.18. The van der Waals surface area contributed by atoms with E-state index in [1.807, 2.05) is 34.6 Å². The van der Waals surface area contributed by atoms with Gasteiger partial charge in [0.05, 0.1) is 12.2 Å². The van der Waals surface area contributed by atoms with Crippen LogP contribution in [0.25, 0.3) is 0 Å². The van der Waals surface area contributed by atoms with Gasteiger partial charge in [-0.15, -0.1) is 0 Å². The third kappa shape index (κ3) is 9.41. The summed E-state index contributed by atoms with van der Waals surface area (Å²) in [6, 6.07) is -0.550. The summed E-state index contributed by atoms with van der Waals surface area (Å²) in [5, 5.41) is 8.82. The van der Waals surface area contributed by atoms with E-state index in [9.17, 15) is 13.2 Å². The fraction of sp³-hybridized carbons (Fsp3) is 0.917. The van der Waals surface area contributed by atoms with E-state index in [1.54, 1.807) is 0 Å². The van der Waals surface area contributed by atoms with Crippen molar-refractivity contribution in [2.24, 2.45) is 11.3 Å². The number of aliphatic carboxylic acids is 1. The van der Waals surface area contributed by atoms with E-state index >= 15 is 0 Å². The second kappa shape index (κ2) is 6.52. The smallest absolute Gasteiger partial charge is 0.304 e. The fourth-order valence-electron chi connectivity index (χ4n) is 1.85. The SMILES string of the molecule is CC(C)CS(=O)(=O)NC(CC(=O)O)CC(C)(C)C. The Labute approximate surface area is 110 Å². The molecular weight excluding hydrogens is 254 g/mol. The van der Waals surface area contributed by atoms with Gasteiger partial charge in [0.25, 0.3) is 0 Å². The summed E-state index contributed by atoms with van der Waals surface area (Å²) in [4.78, 5) is 10.8. The van der Waals surface area contributed by atoms with Gasteiger partial charge in [-0.2, -0.15) is 0 Å². The first-order chi connectivity index (χ1) is 7.91. The number of carboxylic acids is 1. The van der Waals surface area contributed by atoms with E-state index < -0.39 is 22.0 Å². The lowest BCUT2D eigenvalue weighted by atomic mass is 9.87. The molecule has 18 heavy (non-hydrogen) atoms. The van der Waals surface area contributed by atoms with E-state index in [1.165, 1.54) is 0 Å². The molecule has 0 saturated carbocycles. The predicted molar refractivity (Wildman–Crippen MR) is 71.9 cm³/mol. The molecule has 0 aromatic carbocycles. The van der Waals surface area contributed by atoms with Gasteiger partial charge in [-0.05, 0) is 17.8 Å². The molecule has 0 saturated heterocycles. The number of sulfonamides is 1. The van der Waals surface area contributed by atoms with Crippen LogP contribution in [0, 0.1) is 11.3 Å². The molecule has 0 rings (SSSR count). The van der Waals surface area contributed by atoms with Crippen molar-refractivity contribution in [3.05, 3.63) is 0 Å². The van der Waals surface area contributed by atoms with Crippen molar-refractivity contribution < 1.29 is 18.3 Å². The average molecular weight is 279 g/mol. The monoisotopic (exact) mass is 279 g/mol. The van der Waals surface area contributed by atoms with Gasteiger partial charge in [0, 0.05) is 6.04 Å². The summed E-state index contributed by atoms with van der Waals surface area (Å²) in [6.07, 6.45) is 0.311. The highest BCUT2D eigenvalue weighted by Gasteiger charge is 2.25. The van der Waals surface area contributed by atoms with Crippen LogP contribution >= 0.6 is 0 Å². The second-order valence-corrected chi connectivity index (χ2v) is 8.15. The minimum atomic E-state index is -3.41. The average Bonchev–Trinajstić information content (AvgIpc) is 1.92. The van der Waals surface area contributed by atoms with Crippen molar-refractivity contribution in [3.8, 4) is 0 Å². The highest BCUT2D eigenvalue weighted by Crippen LogP contribution is 2.22. The number of carboxylic acid groups (broad SMARTS) is 1. The van der Waals surface area contributed by atoms with Gasteiger partial charge in [0.15, 0.2) is 0 Å². The topological polar surface area (TPSA) is 83.5 Å². The zero-order valence-corrected chi connectivity index (χ0v) is 12.7. The summed E-state index contributed by atoms with van der Waals surface area (Å²) >= 11 is 0. The molecule has 0 aromatic rings. The largest absolute Gasteiger partial charge is 0.481 e. The van der Waals surface area contributed by atoms with E-state index in [0.29, 0.717) is 6.42 Å². The van der Waals surface area contributed by atoms with Crippen LogP contribution in [0.2, 0.25) is 0 Å². The van der Waals surface area contributed by atoms with Gasteiger partial charge < -0.3 is 5.11 Å². The molecule has 5 nitrogen and oxygen atoms in total. The Hall–Kier alpha value is -0.620. The van der Waals surface area contributed by atoms with Crippen molar-refractivity contribution in [3.63, 3.8) is 0 Å². The van der Waals surface area contributed by atoms with Crippen molar-refractivity contribution in [2.75, 3.05) is 5.75 Å². The molecule has 0 bridgehead atoms. The quantitative estimate of drug-likeness (QED) is 0.745. The van der Waals surface area contributed by atoms with E-state index in [4.69, 9.17) is 5.11 Å². The molecular formula is C12H25NO4S. The number of hydrogen-bond acceptors (Lipinski definition) is 3. The van der Waals surface area contributed by atoms with Gasteiger partial charge in [-0.25, -0.2) is 13.1 Å². The van der Waals surface area contributed by atoms with Crippen LogP contribution in [0.1, 0.15) is 47.5 Å². The minimum absolute atomic E-state index is 0.0163. The van der Waals surface area contributed by atoms with Crippen LogP contribution in [0.4, 0.5) is 0 Å². The second-order valence-electron chi connectivity index (χ2n) is 6.35. The first kappa shape index (κ1) is 17.4. The van der Waals surface area contributed by atoms with E-state index in [2.05, 4.69) is 4.72 Å². The Morgan fingerprint density at radius 3 is 2.11 bits per heavy atom. The van der Waals surface area contributed by atoms with Gasteiger partial charge >= 0.3 is 5.97 Å². The molecule has 1 unspecified atom stereocenters. The molecule has 2 N–H and O–H groups in total. The fourth-order valence-corrected chi connectivity index (χ4v) is 3.49. The predicted octanol–water partition coefficient (Wildman–Crippen LogP) is 1.84. The molecule has 6 heteroatoms. The number of hydrogen-bond donors (Lipinski definition) is 2. The van der Waals surface area contributed by atoms with Gasteiger partial charge in [-0.3, -0.25) is 4.79 Å². The first-order valence-corrected chi connectivity index (χ1v) is 7.78. The number of carbonyl (C=O) groups is 1. The zero-order chi connectivity index (χ0) is 14.6. The van der Waals surface area contributed by atoms with Crippen molar-refractivity contribution in [2.45, 2.75) is 53.5 Å². The lowest BCUT2D eigenvalue weighted by Crippen LogP contribution is -2.40. The standard InChI is InChI=1S/C12H25NO4S/c1-9(2)8-18(16,17)13-10(6-11(14)15)7-12(3,4)5/h9-10,13H,6-8H2,1-5H3,(H,14,15). The molecule has 0 aliphatic carbocycles. The molecule has 0 fully saturated rings. The maximum absolute atomic E-state index is 11.8. The Kier molecular flexibility index (Phi) is 6.29. The summed E-state index contributed by atoms with van der Waals surface area (Å²) < 4.78 is 26.1. The lowest BCUT2D eigenvalue weighted by Gasteiger charge is -2.26. The molecule has 0 aliphatic heterocycles. The molecule has 0 heterocycles. The van der Waals surface area contributed by atoms with Gasteiger partial charge in [-0.1, -0.05) is 34.6 Å². The van der Waals surface area contributed by atoms with Gasteiger partial charge in [0.2, 0.25) is 10.0 Å². The zero-order valence-electron chi connectivity index (χ0n) is 11.9. The van der Waals surface area contributed by atoms with E-state index in [0.717, 1.165) is 0 Å². The summed E-state index contributed by atoms with van der Waals surface area (Å²) in [6.45, 7) is 9.50. The maximum atomic E-state index is 11.8. The Balaban J connectivity index is 4.73. The first-order valence-electron chi connectivity index (χ1n) is 6.13. The van der Waals surface area contributed by atoms with E-state index in [-0.39, 0.29) is 23.5 Å². The molecule has 0 radical (unpaired) electrons. The molecule has 0 amide bonds. The molecule has 0 aromatic heterocycles. The van der Waals surface area contributed by atoms with Crippen molar-refractivity contribution >= 4 is 16.0 Å². The minimum Gasteiger partial charge on any atom is -0.481 e. The highest BCUT2D eigenvalue weighted by molar-refractivity contribution is 7.89.